The highest BCUT2D eigenvalue weighted by Crippen LogP contribution is 2.43. The predicted octanol–water partition coefficient (Wildman–Crippen LogP) is 6.34. The van der Waals surface area contributed by atoms with Crippen LogP contribution in [0.25, 0.3) is 21.7 Å². The quantitative estimate of drug-likeness (QED) is 0.511. The molecule has 2 N–H and O–H groups in total. The summed E-state index contributed by atoms with van der Waals surface area (Å²) in [4.78, 5) is 0. The Bertz CT molecular complexity index is 916. The number of rotatable bonds is 0. The Kier molecular flexibility index (Phi) is 3.70. The van der Waals surface area contributed by atoms with Crippen LogP contribution in [0.3, 0.4) is 0 Å². The van der Waals surface area contributed by atoms with E-state index in [0.717, 1.165) is 31.9 Å². The zero-order valence-electron chi connectivity index (χ0n) is 13.7. The van der Waals surface area contributed by atoms with E-state index in [9.17, 15) is 0 Å². The maximum atomic E-state index is 6.15. The molecular formula is C19H21NO2P2. The summed E-state index contributed by atoms with van der Waals surface area (Å²) in [6.45, 7) is 0. The Balaban J connectivity index is 2.03. The highest BCUT2D eigenvalue weighted by molar-refractivity contribution is 7.39. The van der Waals surface area contributed by atoms with E-state index >= 15 is 0 Å². The number of fused-ring (bicyclic) bond motifs is 7. The summed E-state index contributed by atoms with van der Waals surface area (Å²) in [6.07, 6.45) is 9.79. The first-order chi connectivity index (χ1) is 11.8. The lowest BCUT2D eigenvalue weighted by Crippen LogP contribution is -2.05. The van der Waals surface area contributed by atoms with Crippen LogP contribution < -0.4 is 5.50 Å². The molecule has 1 aromatic carbocycles. The van der Waals surface area contributed by atoms with Crippen LogP contribution >= 0.6 is 16.4 Å². The summed E-state index contributed by atoms with van der Waals surface area (Å²) in [6, 6.07) is 4.37. The van der Waals surface area contributed by atoms with Crippen molar-refractivity contribution in [1.82, 2.24) is 0 Å². The van der Waals surface area contributed by atoms with Crippen LogP contribution in [0.5, 0.6) is 0 Å². The second kappa shape index (κ2) is 5.92. The van der Waals surface area contributed by atoms with E-state index in [0.29, 0.717) is 0 Å². The van der Waals surface area contributed by atoms with E-state index in [1.165, 1.54) is 71.6 Å². The molecule has 24 heavy (non-hydrogen) atoms. The fourth-order valence-corrected chi connectivity index (χ4v) is 6.38. The van der Waals surface area contributed by atoms with Gasteiger partial charge in [0.2, 0.25) is 0 Å². The second-order valence-corrected chi connectivity index (χ2v) is 8.76. The highest BCUT2D eigenvalue weighted by Gasteiger charge is 2.21. The molecule has 0 bridgehead atoms. The van der Waals surface area contributed by atoms with Gasteiger partial charge in [-0.3, -0.25) is 0 Å². The van der Waals surface area contributed by atoms with Crippen molar-refractivity contribution in [1.29, 1.82) is 0 Å². The molecule has 0 amide bonds. The summed E-state index contributed by atoms with van der Waals surface area (Å²) in [7, 11) is -0.257. The first-order valence-corrected chi connectivity index (χ1v) is 11.1. The van der Waals surface area contributed by atoms with E-state index in [4.69, 9.17) is 13.9 Å². The molecule has 0 fully saturated rings. The number of benzene rings is 1. The third kappa shape index (κ3) is 2.34. The monoisotopic (exact) mass is 357 g/mol. The summed E-state index contributed by atoms with van der Waals surface area (Å²) >= 11 is 0. The minimum absolute atomic E-state index is 0.934. The van der Waals surface area contributed by atoms with E-state index in [1.54, 1.807) is 0 Å². The lowest BCUT2D eigenvalue weighted by Gasteiger charge is -2.20. The smallest absolute Gasteiger partial charge is 0.304 e. The van der Waals surface area contributed by atoms with Crippen LogP contribution in [0.4, 0.5) is 0 Å². The Labute approximate surface area is 143 Å². The predicted molar refractivity (Wildman–Crippen MR) is 102 cm³/mol. The van der Waals surface area contributed by atoms with Gasteiger partial charge in [-0.2, -0.15) is 0 Å². The van der Waals surface area contributed by atoms with Gasteiger partial charge < -0.3 is 8.39 Å². The van der Waals surface area contributed by atoms with Gasteiger partial charge in [-0.1, -0.05) is 6.07 Å². The van der Waals surface area contributed by atoms with Crippen molar-refractivity contribution in [3.63, 3.8) is 0 Å². The molecule has 5 heteroatoms. The molecule has 1 atom stereocenters. The minimum atomic E-state index is -1.39. The molecule has 3 nitrogen and oxygen atoms in total. The van der Waals surface area contributed by atoms with E-state index in [-0.39, 0.29) is 0 Å². The van der Waals surface area contributed by atoms with Gasteiger partial charge in [-0.05, 0) is 93.7 Å². The summed E-state index contributed by atoms with van der Waals surface area (Å²) in [5.74, 6) is 2.33. The van der Waals surface area contributed by atoms with Gasteiger partial charge in [-0.15, -0.1) is 0 Å². The van der Waals surface area contributed by atoms with Crippen molar-refractivity contribution >= 4 is 38.0 Å². The average molecular weight is 357 g/mol. The maximum absolute atomic E-state index is 6.15. The van der Waals surface area contributed by atoms with Gasteiger partial charge >= 0.3 is 8.16 Å². The van der Waals surface area contributed by atoms with Crippen LogP contribution in [0.1, 0.15) is 47.9 Å². The van der Waals surface area contributed by atoms with E-state index < -0.39 is 8.16 Å². The van der Waals surface area contributed by atoms with Crippen molar-refractivity contribution in [2.24, 2.45) is 0 Å². The van der Waals surface area contributed by atoms with Gasteiger partial charge in [0.05, 0.1) is 0 Å². The lowest BCUT2D eigenvalue weighted by atomic mass is 9.86. The number of nitrogens with two attached hydrogens (primary N) is 1. The molecular weight excluding hydrogens is 336 g/mol. The van der Waals surface area contributed by atoms with Crippen LogP contribution in [0, 0.1) is 0 Å². The first-order valence-electron chi connectivity index (χ1n) is 8.88. The maximum Gasteiger partial charge on any atom is 0.304 e. The Morgan fingerprint density at radius 3 is 2.38 bits per heavy atom. The second-order valence-electron chi connectivity index (χ2n) is 6.90. The van der Waals surface area contributed by atoms with Crippen molar-refractivity contribution in [2.45, 2.75) is 51.4 Å². The van der Waals surface area contributed by atoms with Crippen LogP contribution in [0.2, 0.25) is 0 Å². The largest absolute Gasteiger partial charge is 0.408 e. The Morgan fingerprint density at radius 2 is 1.54 bits per heavy atom. The molecule has 0 spiro atoms. The number of hydrogen-bond donors (Lipinski definition) is 1. The molecule has 3 aromatic rings. The number of hydrogen-bond acceptors (Lipinski definition) is 3. The first kappa shape index (κ1) is 15.0. The molecule has 2 aliphatic carbocycles. The highest BCUT2D eigenvalue weighted by atomic mass is 31.1. The lowest BCUT2D eigenvalue weighted by molar-refractivity contribution is 0.649. The summed E-state index contributed by atoms with van der Waals surface area (Å²) in [5, 5.41) is 3.63. The standard InChI is InChI=1S/C19H21NO2P2/c20-24-21-16-10-9-12-5-1-3-7-14(12)17(16)18-15-8-4-2-6-13(15)11-23-19(18)22-24/h9-11H,1-8,20H2. The van der Waals surface area contributed by atoms with Crippen LogP contribution in [-0.4, -0.2) is 0 Å². The normalized spacial score (nSPS) is 18.0. The average Bonchev–Trinajstić information content (AvgIpc) is 2.77. The molecule has 2 aliphatic rings. The number of nitrogen functional groups attached to an aromatic ring is 1. The zero-order valence-corrected chi connectivity index (χ0v) is 15.5. The van der Waals surface area contributed by atoms with E-state index in [2.05, 4.69) is 17.9 Å². The van der Waals surface area contributed by atoms with E-state index in [1.807, 2.05) is 0 Å². The van der Waals surface area contributed by atoms with Crippen molar-refractivity contribution in [3.8, 4) is 0 Å². The fraction of sp³-hybridized carbons (Fsp3) is 0.421. The Hall–Kier alpha value is -1.27. The molecule has 5 rings (SSSR count). The molecule has 0 saturated heterocycles. The summed E-state index contributed by atoms with van der Waals surface area (Å²) in [5.41, 5.74) is 13.1. The zero-order chi connectivity index (χ0) is 16.1. The van der Waals surface area contributed by atoms with Gasteiger partial charge in [0, 0.05) is 10.8 Å². The van der Waals surface area contributed by atoms with Crippen molar-refractivity contribution < 1.29 is 8.39 Å². The molecule has 0 saturated carbocycles. The third-order valence-electron chi connectivity index (χ3n) is 5.47. The van der Waals surface area contributed by atoms with Gasteiger partial charge in [0.15, 0.2) is 5.31 Å². The molecule has 124 valence electrons. The Morgan fingerprint density at radius 1 is 0.833 bits per heavy atom. The SMILES string of the molecule is Np1oc2ccc3c(c2c2c4c(cpc2o1)CCCC4)CCCC3. The van der Waals surface area contributed by atoms with Gasteiger partial charge in [0.25, 0.3) is 0 Å². The van der Waals surface area contributed by atoms with Gasteiger partial charge in [-0.25, -0.2) is 5.50 Å². The molecule has 0 radical (unpaired) electrons. The number of aryl methyl sites for hydroxylation is 4. The van der Waals surface area contributed by atoms with Gasteiger partial charge in [0.1, 0.15) is 5.58 Å². The third-order valence-corrected chi connectivity index (χ3v) is 7.35. The van der Waals surface area contributed by atoms with Crippen LogP contribution in [-0.2, 0) is 25.7 Å². The topological polar surface area (TPSA) is 52.3 Å². The van der Waals surface area contributed by atoms with Crippen LogP contribution in [0.15, 0.2) is 26.3 Å². The van der Waals surface area contributed by atoms with Crippen molar-refractivity contribution in [3.05, 3.63) is 40.2 Å². The molecule has 1 unspecified atom stereocenters. The summed E-state index contributed by atoms with van der Waals surface area (Å²) < 4.78 is 12.1. The molecule has 0 aliphatic heterocycles. The van der Waals surface area contributed by atoms with Crippen molar-refractivity contribution in [2.75, 3.05) is 5.50 Å². The molecule has 2 aromatic heterocycles. The minimum Gasteiger partial charge on any atom is -0.408 e. The fourth-order valence-electron chi connectivity index (χ4n) is 4.37. The molecule has 2 heterocycles.